The van der Waals surface area contributed by atoms with Gasteiger partial charge in [-0.25, -0.2) is 0 Å². The van der Waals surface area contributed by atoms with Gasteiger partial charge in [0.2, 0.25) is 11.8 Å². The van der Waals surface area contributed by atoms with E-state index in [0.29, 0.717) is 19.7 Å². The van der Waals surface area contributed by atoms with Crippen LogP contribution in [0.3, 0.4) is 0 Å². The van der Waals surface area contributed by atoms with E-state index in [9.17, 15) is 9.59 Å². The van der Waals surface area contributed by atoms with Gasteiger partial charge in [0.15, 0.2) is 0 Å². The number of carbonyl (C=O) groups excluding carboxylic acids is 2. The summed E-state index contributed by atoms with van der Waals surface area (Å²) in [6.07, 6.45) is 12.6. The molecule has 0 atom stereocenters. The maximum atomic E-state index is 13.9. The molecule has 1 aromatic heterocycles. The Labute approximate surface area is 230 Å². The van der Waals surface area contributed by atoms with Crippen LogP contribution in [-0.4, -0.2) is 59.0 Å². The van der Waals surface area contributed by atoms with Crippen LogP contribution >= 0.6 is 15.9 Å². The lowest BCUT2D eigenvalue weighted by atomic mass is 9.94. The van der Waals surface area contributed by atoms with Gasteiger partial charge in [-0.2, -0.15) is 0 Å². The van der Waals surface area contributed by atoms with Crippen LogP contribution in [0.1, 0.15) is 75.5 Å². The van der Waals surface area contributed by atoms with Crippen molar-refractivity contribution < 1.29 is 14.3 Å². The molecule has 2 fully saturated rings. The van der Waals surface area contributed by atoms with Crippen molar-refractivity contribution in [2.24, 2.45) is 5.92 Å². The Bertz CT molecular complexity index is 994. The molecule has 37 heavy (non-hydrogen) atoms. The lowest BCUT2D eigenvalue weighted by molar-refractivity contribution is -0.145. The molecule has 0 unspecified atom stereocenters. The summed E-state index contributed by atoms with van der Waals surface area (Å²) in [4.78, 5) is 31.2. The Morgan fingerprint density at radius 1 is 1.00 bits per heavy atom. The van der Waals surface area contributed by atoms with Gasteiger partial charge in [-0.05, 0) is 61.9 Å². The molecular weight excluding hydrogens is 530 g/mol. The highest BCUT2D eigenvalue weighted by molar-refractivity contribution is 9.10. The molecule has 1 heterocycles. The Balaban J connectivity index is 1.50. The first-order valence-electron chi connectivity index (χ1n) is 14.0. The zero-order chi connectivity index (χ0) is 26.0. The van der Waals surface area contributed by atoms with Crippen LogP contribution in [0, 0.1) is 5.92 Å². The fraction of sp³-hybridized carbons (Fsp3) is 0.600. The fourth-order valence-corrected chi connectivity index (χ4v) is 6.14. The SMILES string of the molecule is COCCCN(CC(=O)N(Cc1cccn1Cc1ccc(Br)cc1)C1CCCCC1)C(=O)C1CCCC1. The summed E-state index contributed by atoms with van der Waals surface area (Å²) in [6, 6.07) is 12.8. The van der Waals surface area contributed by atoms with Crippen LogP contribution in [0.4, 0.5) is 0 Å². The van der Waals surface area contributed by atoms with Crippen molar-refractivity contribution in [2.45, 2.75) is 83.3 Å². The van der Waals surface area contributed by atoms with Crippen LogP contribution in [0.5, 0.6) is 0 Å². The molecule has 0 spiro atoms. The monoisotopic (exact) mass is 571 g/mol. The Kier molecular flexibility index (Phi) is 10.7. The second-order valence-corrected chi connectivity index (χ2v) is 11.6. The number of aromatic nitrogens is 1. The minimum absolute atomic E-state index is 0.0709. The first-order valence-corrected chi connectivity index (χ1v) is 14.8. The summed E-state index contributed by atoms with van der Waals surface area (Å²) < 4.78 is 8.56. The molecule has 2 saturated carbocycles. The predicted octanol–water partition coefficient (Wildman–Crippen LogP) is 6.02. The third-order valence-electron chi connectivity index (χ3n) is 7.98. The zero-order valence-electron chi connectivity index (χ0n) is 22.2. The van der Waals surface area contributed by atoms with Gasteiger partial charge in [-0.3, -0.25) is 9.59 Å². The van der Waals surface area contributed by atoms with Gasteiger partial charge in [-0.15, -0.1) is 0 Å². The Hall–Kier alpha value is -2.12. The van der Waals surface area contributed by atoms with Gasteiger partial charge >= 0.3 is 0 Å². The number of hydrogen-bond donors (Lipinski definition) is 0. The maximum absolute atomic E-state index is 13.9. The van der Waals surface area contributed by atoms with Crippen molar-refractivity contribution in [2.75, 3.05) is 26.8 Å². The molecule has 2 amide bonds. The third-order valence-corrected chi connectivity index (χ3v) is 8.51. The number of nitrogens with zero attached hydrogens (tertiary/aromatic N) is 3. The molecule has 6 nitrogen and oxygen atoms in total. The smallest absolute Gasteiger partial charge is 0.242 e. The number of hydrogen-bond acceptors (Lipinski definition) is 3. The number of ether oxygens (including phenoxy) is 1. The molecule has 202 valence electrons. The Morgan fingerprint density at radius 3 is 2.41 bits per heavy atom. The van der Waals surface area contributed by atoms with Gasteiger partial charge in [0.1, 0.15) is 0 Å². The number of benzene rings is 1. The number of amides is 2. The van der Waals surface area contributed by atoms with Crippen LogP contribution < -0.4 is 0 Å². The van der Waals surface area contributed by atoms with Crippen molar-refractivity contribution in [3.8, 4) is 0 Å². The van der Waals surface area contributed by atoms with E-state index in [1.807, 2.05) is 4.90 Å². The van der Waals surface area contributed by atoms with E-state index in [1.165, 1.54) is 12.0 Å². The number of methoxy groups -OCH3 is 1. The molecule has 1 aromatic carbocycles. The third kappa shape index (κ3) is 7.93. The van der Waals surface area contributed by atoms with Gasteiger partial charge < -0.3 is 19.1 Å². The normalized spacial score (nSPS) is 16.7. The first-order chi connectivity index (χ1) is 18.0. The molecule has 0 saturated heterocycles. The minimum atomic E-state index is 0.0709. The van der Waals surface area contributed by atoms with Crippen LogP contribution in [0.15, 0.2) is 47.1 Å². The summed E-state index contributed by atoms with van der Waals surface area (Å²) in [5.74, 6) is 0.304. The van der Waals surface area contributed by atoms with E-state index in [4.69, 9.17) is 4.74 Å². The van der Waals surface area contributed by atoms with E-state index in [2.05, 4.69) is 68.0 Å². The number of halogens is 1. The lowest BCUT2D eigenvalue weighted by Crippen LogP contribution is -2.48. The van der Waals surface area contributed by atoms with Gasteiger partial charge in [0.25, 0.3) is 0 Å². The average Bonchev–Trinajstić information content (AvgIpc) is 3.61. The van der Waals surface area contributed by atoms with Gasteiger partial charge in [0, 0.05) is 55.1 Å². The van der Waals surface area contributed by atoms with Crippen molar-refractivity contribution in [1.29, 1.82) is 0 Å². The van der Waals surface area contributed by atoms with E-state index >= 15 is 0 Å². The molecule has 0 bridgehead atoms. The molecular formula is C30H42BrN3O3. The van der Waals surface area contributed by atoms with Crippen molar-refractivity contribution >= 4 is 27.7 Å². The summed E-state index contributed by atoms with van der Waals surface area (Å²) >= 11 is 3.52. The van der Waals surface area contributed by atoms with Gasteiger partial charge in [-0.1, -0.05) is 60.2 Å². The molecule has 2 aromatic rings. The Morgan fingerprint density at radius 2 is 1.70 bits per heavy atom. The lowest BCUT2D eigenvalue weighted by Gasteiger charge is -2.36. The standard InChI is InChI=1S/C30H42BrN3O3/c1-37-20-8-19-33(30(36)25-9-5-6-10-25)23-29(35)34(27-11-3-2-4-12-27)22-28-13-7-18-32(28)21-24-14-16-26(31)17-15-24/h7,13-18,25,27H,2-6,8-12,19-23H2,1H3. The van der Waals surface area contributed by atoms with E-state index < -0.39 is 0 Å². The topological polar surface area (TPSA) is 54.8 Å². The maximum Gasteiger partial charge on any atom is 0.242 e. The van der Waals surface area contributed by atoms with Gasteiger partial charge in [0.05, 0.1) is 13.1 Å². The zero-order valence-corrected chi connectivity index (χ0v) is 23.8. The summed E-state index contributed by atoms with van der Waals surface area (Å²) in [5, 5.41) is 0. The molecule has 0 radical (unpaired) electrons. The highest BCUT2D eigenvalue weighted by atomic mass is 79.9. The molecule has 0 N–H and O–H groups in total. The first kappa shape index (κ1) is 27.9. The molecule has 7 heteroatoms. The fourth-order valence-electron chi connectivity index (χ4n) is 5.87. The molecule has 0 aliphatic heterocycles. The highest BCUT2D eigenvalue weighted by Gasteiger charge is 2.32. The summed E-state index contributed by atoms with van der Waals surface area (Å²) in [6.45, 7) is 2.69. The van der Waals surface area contributed by atoms with Crippen LogP contribution in [0.25, 0.3) is 0 Å². The highest BCUT2D eigenvalue weighted by Crippen LogP contribution is 2.28. The molecule has 2 aliphatic carbocycles. The number of rotatable bonds is 12. The van der Waals surface area contributed by atoms with E-state index in [0.717, 1.165) is 74.5 Å². The van der Waals surface area contributed by atoms with Crippen LogP contribution in [0.2, 0.25) is 0 Å². The second kappa shape index (κ2) is 14.1. The predicted molar refractivity (Wildman–Crippen MR) is 150 cm³/mol. The van der Waals surface area contributed by atoms with Crippen molar-refractivity contribution in [1.82, 2.24) is 14.4 Å². The van der Waals surface area contributed by atoms with Crippen molar-refractivity contribution in [3.63, 3.8) is 0 Å². The number of carbonyl (C=O) groups is 2. The summed E-state index contributed by atoms with van der Waals surface area (Å²) in [7, 11) is 1.68. The second-order valence-electron chi connectivity index (χ2n) is 10.7. The van der Waals surface area contributed by atoms with E-state index in [-0.39, 0.29) is 30.3 Å². The molecule has 4 rings (SSSR count). The minimum Gasteiger partial charge on any atom is -0.385 e. The van der Waals surface area contributed by atoms with E-state index in [1.54, 1.807) is 7.11 Å². The average molecular weight is 573 g/mol. The molecule has 2 aliphatic rings. The summed E-state index contributed by atoms with van der Waals surface area (Å²) in [5.41, 5.74) is 2.36. The quantitative estimate of drug-likeness (QED) is 0.293. The van der Waals surface area contributed by atoms with Crippen molar-refractivity contribution in [3.05, 3.63) is 58.3 Å². The largest absolute Gasteiger partial charge is 0.385 e. The van der Waals surface area contributed by atoms with Crippen LogP contribution in [-0.2, 0) is 27.4 Å².